The number of thioether (sulfide) groups is 1. The van der Waals surface area contributed by atoms with Crippen molar-refractivity contribution < 1.29 is 38.4 Å². The van der Waals surface area contributed by atoms with Crippen molar-refractivity contribution in [1.29, 1.82) is 0 Å². The molecule has 2 heterocycles. The van der Waals surface area contributed by atoms with Crippen molar-refractivity contribution in [2.75, 3.05) is 23.8 Å². The zero-order valence-electron chi connectivity index (χ0n) is 31.4. The number of para-hydroxylation sites is 1. The molecule has 3 N–H and O–H groups in total. The van der Waals surface area contributed by atoms with Gasteiger partial charge >= 0.3 is 12.1 Å². The lowest BCUT2D eigenvalue weighted by molar-refractivity contribution is -0.385. The van der Waals surface area contributed by atoms with E-state index in [1.54, 1.807) is 100 Å². The highest BCUT2D eigenvalue weighted by Gasteiger charge is 2.33. The lowest BCUT2D eigenvalue weighted by Gasteiger charge is -2.30. The van der Waals surface area contributed by atoms with E-state index in [2.05, 4.69) is 16.0 Å². The van der Waals surface area contributed by atoms with E-state index in [0.29, 0.717) is 28.5 Å². The van der Waals surface area contributed by atoms with E-state index in [0.717, 1.165) is 10.4 Å². The van der Waals surface area contributed by atoms with Gasteiger partial charge in [-0.05, 0) is 89.1 Å². The summed E-state index contributed by atoms with van der Waals surface area (Å²) < 4.78 is 10.9. The summed E-state index contributed by atoms with van der Waals surface area (Å²) in [6, 6.07) is 20.7. The predicted molar refractivity (Wildman–Crippen MR) is 215 cm³/mol. The van der Waals surface area contributed by atoms with Crippen molar-refractivity contribution in [1.82, 2.24) is 10.2 Å². The number of benzene rings is 3. The quantitative estimate of drug-likeness (QED) is 0.0422. The Morgan fingerprint density at radius 2 is 1.71 bits per heavy atom. The average molecular weight is 800 g/mol. The van der Waals surface area contributed by atoms with Crippen molar-refractivity contribution >= 4 is 75.3 Å². The van der Waals surface area contributed by atoms with Crippen LogP contribution in [0.25, 0.3) is 6.08 Å². The lowest BCUT2D eigenvalue weighted by atomic mass is 10.0. The number of nitrogens with one attached hydrogen (secondary N) is 3. The molecule has 1 unspecified atom stereocenters. The normalized spacial score (nSPS) is 13.2. The molecule has 0 radical (unpaired) electrons. The van der Waals surface area contributed by atoms with Crippen molar-refractivity contribution in [3.8, 4) is 0 Å². The van der Waals surface area contributed by atoms with Crippen LogP contribution in [0.4, 0.5) is 21.2 Å². The van der Waals surface area contributed by atoms with Crippen molar-refractivity contribution in [3.63, 3.8) is 0 Å². The number of fused-ring (bicyclic) bond motifs is 1. The second kappa shape index (κ2) is 18.1. The fraction of sp³-hybridized carbons (Fsp3) is 0.275. The number of nitrogens with zero attached hydrogens (tertiary/aromatic N) is 2. The molecule has 0 spiro atoms. The van der Waals surface area contributed by atoms with E-state index < -0.39 is 45.6 Å². The molecular weight excluding hydrogens is 759 g/mol. The van der Waals surface area contributed by atoms with Crippen LogP contribution >= 0.6 is 23.1 Å². The summed E-state index contributed by atoms with van der Waals surface area (Å²) in [4.78, 5) is 80.3. The first-order valence-electron chi connectivity index (χ1n) is 17.6. The molecule has 0 bridgehead atoms. The van der Waals surface area contributed by atoms with Gasteiger partial charge in [0.05, 0.1) is 34.5 Å². The molecule has 1 aliphatic heterocycles. The summed E-state index contributed by atoms with van der Waals surface area (Å²) in [6.45, 7) is 9.45. The maximum absolute atomic E-state index is 13.6. The van der Waals surface area contributed by atoms with Crippen LogP contribution in [0.1, 0.15) is 71.3 Å². The molecule has 16 heteroatoms. The minimum atomic E-state index is -0.737. The van der Waals surface area contributed by atoms with Gasteiger partial charge in [-0.2, -0.15) is 0 Å². The van der Waals surface area contributed by atoms with Crippen LogP contribution in [-0.4, -0.2) is 63.6 Å². The van der Waals surface area contributed by atoms with Crippen molar-refractivity contribution in [2.24, 2.45) is 0 Å². The first-order valence-corrected chi connectivity index (χ1v) is 19.3. The van der Waals surface area contributed by atoms with E-state index in [1.807, 2.05) is 0 Å². The molecule has 1 atom stereocenters. The minimum Gasteiger partial charge on any atom is -0.462 e. The highest BCUT2D eigenvalue weighted by atomic mass is 32.2. The third-order valence-electron chi connectivity index (χ3n) is 8.16. The van der Waals surface area contributed by atoms with Crippen LogP contribution in [0.3, 0.4) is 0 Å². The van der Waals surface area contributed by atoms with Gasteiger partial charge in [-0.25, -0.2) is 9.59 Å². The largest absolute Gasteiger partial charge is 0.462 e. The number of carbonyl (C=O) groups excluding carboxylic acids is 5. The number of hydrogen-bond acceptors (Lipinski definition) is 11. The fourth-order valence-electron chi connectivity index (χ4n) is 5.58. The molecule has 4 amide bonds. The highest BCUT2D eigenvalue weighted by molar-refractivity contribution is 8.00. The van der Waals surface area contributed by atoms with Gasteiger partial charge in [0.1, 0.15) is 16.3 Å². The van der Waals surface area contributed by atoms with E-state index in [9.17, 15) is 34.1 Å². The number of esters is 1. The van der Waals surface area contributed by atoms with E-state index >= 15 is 0 Å². The van der Waals surface area contributed by atoms with E-state index in [1.165, 1.54) is 47.4 Å². The molecule has 1 aliphatic rings. The number of rotatable bonds is 12. The number of carbonyl (C=O) groups is 5. The summed E-state index contributed by atoms with van der Waals surface area (Å²) in [6.07, 6.45) is 1.15. The van der Waals surface area contributed by atoms with Gasteiger partial charge in [-0.1, -0.05) is 36.4 Å². The second-order valence-corrected chi connectivity index (χ2v) is 16.0. The van der Waals surface area contributed by atoms with Crippen molar-refractivity contribution in [3.05, 3.63) is 122 Å². The predicted octanol–water partition coefficient (Wildman–Crippen LogP) is 7.66. The molecule has 292 valence electrons. The number of hydrogen-bond donors (Lipinski definition) is 3. The van der Waals surface area contributed by atoms with Crippen LogP contribution in [-0.2, 0) is 32.0 Å². The van der Waals surface area contributed by atoms with Crippen LogP contribution < -0.4 is 16.0 Å². The fourth-order valence-corrected chi connectivity index (χ4v) is 7.76. The van der Waals surface area contributed by atoms with Gasteiger partial charge < -0.3 is 30.3 Å². The highest BCUT2D eigenvalue weighted by Crippen LogP contribution is 2.39. The van der Waals surface area contributed by atoms with Crippen LogP contribution in [0, 0.1) is 10.1 Å². The van der Waals surface area contributed by atoms with Gasteiger partial charge in [-0.15, -0.1) is 23.1 Å². The number of nitro groups is 1. The summed E-state index contributed by atoms with van der Waals surface area (Å²) >= 11 is 2.41. The Hall–Kier alpha value is -6.00. The van der Waals surface area contributed by atoms with Crippen LogP contribution in [0.15, 0.2) is 89.5 Å². The number of anilines is 2. The number of amides is 4. The topological polar surface area (TPSA) is 186 Å². The Morgan fingerprint density at radius 1 is 1.00 bits per heavy atom. The Balaban J connectivity index is 1.32. The van der Waals surface area contributed by atoms with Gasteiger partial charge in [-0.3, -0.25) is 24.5 Å². The monoisotopic (exact) mass is 799 g/mol. The zero-order valence-corrected chi connectivity index (χ0v) is 33.0. The molecule has 56 heavy (non-hydrogen) atoms. The van der Waals surface area contributed by atoms with Gasteiger partial charge in [0.25, 0.3) is 17.5 Å². The second-order valence-electron chi connectivity index (χ2n) is 13.5. The molecule has 14 nitrogen and oxygen atoms in total. The summed E-state index contributed by atoms with van der Waals surface area (Å²) in [7, 11) is 0. The Kier molecular flexibility index (Phi) is 13.3. The SMILES string of the molecule is CCOC(=O)c1c(NC(=O)C(C)Sc2cccc(NC(=O)/C(=C\c3ccccc3[N+](=O)[O-])NC(=O)c3ccccc3)c2)sc2c1CCN(C(=O)OC(C)(C)C)C2. The number of thiophene rings is 1. The average Bonchev–Trinajstić information content (AvgIpc) is 3.51. The Morgan fingerprint density at radius 3 is 2.41 bits per heavy atom. The zero-order chi connectivity index (χ0) is 40.6. The molecule has 3 aromatic carbocycles. The van der Waals surface area contributed by atoms with Crippen LogP contribution in [0.5, 0.6) is 0 Å². The summed E-state index contributed by atoms with van der Waals surface area (Å²) in [5, 5.41) is 19.6. The van der Waals surface area contributed by atoms with Gasteiger partial charge in [0.2, 0.25) is 5.91 Å². The number of ether oxygens (including phenoxy) is 2. The van der Waals surface area contributed by atoms with Crippen molar-refractivity contribution in [2.45, 2.75) is 63.3 Å². The van der Waals surface area contributed by atoms with E-state index in [4.69, 9.17) is 9.47 Å². The standard InChI is InChI=1S/C40H41N5O9S2/c1-6-53-38(49)33-29-19-20-44(39(50)54-40(3,4)5)23-32(29)56-37(33)43-34(46)24(2)55-28-17-12-16-27(22-28)41-36(48)30(42-35(47)25-13-8-7-9-14-25)21-26-15-10-11-18-31(26)45(51)52/h7-18,21-22,24H,6,19-20,23H2,1-5H3,(H,41,48)(H,42,47)(H,43,46)/b30-21+. The maximum atomic E-state index is 13.6. The maximum Gasteiger partial charge on any atom is 0.410 e. The first-order chi connectivity index (χ1) is 26.6. The van der Waals surface area contributed by atoms with Crippen LogP contribution in [0.2, 0.25) is 0 Å². The lowest BCUT2D eigenvalue weighted by Crippen LogP contribution is -2.39. The smallest absolute Gasteiger partial charge is 0.410 e. The summed E-state index contributed by atoms with van der Waals surface area (Å²) in [5.41, 5.74) is 0.561. The third-order valence-corrected chi connectivity index (χ3v) is 10.4. The summed E-state index contributed by atoms with van der Waals surface area (Å²) in [5.74, 6) is -2.28. The molecule has 0 saturated heterocycles. The molecule has 1 aromatic heterocycles. The number of nitro benzene ring substituents is 1. The minimum absolute atomic E-state index is 0.109. The molecule has 0 fully saturated rings. The molecule has 0 saturated carbocycles. The Bertz CT molecular complexity index is 2180. The first kappa shape index (κ1) is 41.2. The van der Waals surface area contributed by atoms with Gasteiger partial charge in [0, 0.05) is 33.6 Å². The molecule has 0 aliphatic carbocycles. The third kappa shape index (κ3) is 10.6. The van der Waals surface area contributed by atoms with E-state index in [-0.39, 0.29) is 41.2 Å². The molecule has 4 aromatic rings. The van der Waals surface area contributed by atoms with Gasteiger partial charge in [0.15, 0.2) is 0 Å². The molecular formula is C40H41N5O9S2. The Labute approximate surface area is 331 Å². The molecule has 5 rings (SSSR count).